The Labute approximate surface area is 150 Å². The highest BCUT2D eigenvalue weighted by Crippen LogP contribution is 2.31. The summed E-state index contributed by atoms with van der Waals surface area (Å²) in [6, 6.07) is 9.27. The second-order valence-electron chi connectivity index (χ2n) is 6.04. The van der Waals surface area contributed by atoms with Gasteiger partial charge in [-0.15, -0.1) is 0 Å². The third kappa shape index (κ3) is 3.04. The average Bonchev–Trinajstić information content (AvgIpc) is 3.33. The monoisotopic (exact) mass is 353 g/mol. The molecule has 1 aromatic carbocycles. The quantitative estimate of drug-likeness (QED) is 0.780. The van der Waals surface area contributed by atoms with Gasteiger partial charge in [0.05, 0.1) is 18.2 Å². The molecule has 126 valence electrons. The second-order valence-corrected chi connectivity index (χ2v) is 6.39. The van der Waals surface area contributed by atoms with Crippen LogP contribution in [-0.2, 0) is 0 Å². The fourth-order valence-corrected chi connectivity index (χ4v) is 3.26. The third-order valence-electron chi connectivity index (χ3n) is 4.36. The van der Waals surface area contributed by atoms with E-state index in [9.17, 15) is 0 Å². The molecule has 6 nitrogen and oxygen atoms in total. The van der Waals surface area contributed by atoms with Gasteiger partial charge in [-0.05, 0) is 25.1 Å². The van der Waals surface area contributed by atoms with Crippen LogP contribution in [0.25, 0.3) is 16.9 Å². The van der Waals surface area contributed by atoms with E-state index in [2.05, 4.69) is 21.4 Å². The molecule has 0 saturated carbocycles. The number of aromatic nitrogens is 3. The Bertz CT molecular complexity index is 938. The molecular formula is C18H16ClN5O. The van der Waals surface area contributed by atoms with Crippen molar-refractivity contribution in [1.82, 2.24) is 19.7 Å². The topological polar surface area (TPSA) is 75.2 Å². The van der Waals surface area contributed by atoms with Crippen LogP contribution in [0.15, 0.2) is 36.7 Å². The summed E-state index contributed by atoms with van der Waals surface area (Å²) in [4.78, 5) is 8.94. The molecule has 0 amide bonds. The zero-order chi connectivity index (χ0) is 17.2. The second kappa shape index (κ2) is 6.71. The summed E-state index contributed by atoms with van der Waals surface area (Å²) < 4.78 is 7.75. The summed E-state index contributed by atoms with van der Waals surface area (Å²) in [6.45, 7) is 2.58. The summed E-state index contributed by atoms with van der Waals surface area (Å²) in [5.74, 6) is 0.950. The first-order chi connectivity index (χ1) is 12.3. The predicted molar refractivity (Wildman–Crippen MR) is 94.6 cm³/mol. The van der Waals surface area contributed by atoms with Crippen LogP contribution in [-0.4, -0.2) is 34.1 Å². The van der Waals surface area contributed by atoms with Crippen LogP contribution in [0, 0.1) is 17.2 Å². The highest BCUT2D eigenvalue weighted by molar-refractivity contribution is 6.32. The standard InChI is InChI=1S/C18H16ClN5O/c19-16-15(14-3-1-12(9-20)2-4-14)23-18(17-22-7-8-24(16)17)25-11-13-5-6-21-10-13/h1-4,7-8,13,21H,5-6,10-11H2/t13-/m1/s1. The number of halogens is 1. The number of nitriles is 1. The predicted octanol–water partition coefficient (Wildman–Crippen LogP) is 2.91. The maximum absolute atomic E-state index is 8.96. The van der Waals surface area contributed by atoms with E-state index >= 15 is 0 Å². The zero-order valence-corrected chi connectivity index (χ0v) is 14.2. The summed E-state index contributed by atoms with van der Waals surface area (Å²) in [6.07, 6.45) is 4.56. The molecule has 1 atom stereocenters. The lowest BCUT2D eigenvalue weighted by molar-refractivity contribution is 0.253. The maximum atomic E-state index is 8.96. The van der Waals surface area contributed by atoms with Crippen LogP contribution in [0.3, 0.4) is 0 Å². The molecule has 0 unspecified atom stereocenters. The molecular weight excluding hydrogens is 338 g/mol. The lowest BCUT2D eigenvalue weighted by Crippen LogP contribution is -2.16. The number of nitrogens with one attached hydrogen (secondary N) is 1. The maximum Gasteiger partial charge on any atom is 0.259 e. The summed E-state index contributed by atoms with van der Waals surface area (Å²) >= 11 is 6.52. The smallest absolute Gasteiger partial charge is 0.259 e. The largest absolute Gasteiger partial charge is 0.475 e. The van der Waals surface area contributed by atoms with E-state index in [0.29, 0.717) is 40.5 Å². The molecule has 0 radical (unpaired) electrons. The highest BCUT2D eigenvalue weighted by Gasteiger charge is 2.19. The normalized spacial score (nSPS) is 16.9. The molecule has 0 spiro atoms. The molecule has 1 aliphatic heterocycles. The molecule has 3 heterocycles. The minimum Gasteiger partial charge on any atom is -0.475 e. The SMILES string of the molecule is N#Cc1ccc(-c2nc(OC[C@@H]3CCNC3)c3nccn3c2Cl)cc1. The van der Waals surface area contributed by atoms with Gasteiger partial charge in [0.25, 0.3) is 5.88 Å². The van der Waals surface area contributed by atoms with Crippen molar-refractivity contribution in [3.8, 4) is 23.2 Å². The van der Waals surface area contributed by atoms with E-state index in [1.54, 1.807) is 28.9 Å². The van der Waals surface area contributed by atoms with Crippen molar-refractivity contribution in [3.63, 3.8) is 0 Å². The molecule has 1 N–H and O–H groups in total. The van der Waals surface area contributed by atoms with Gasteiger partial charge < -0.3 is 10.1 Å². The third-order valence-corrected chi connectivity index (χ3v) is 4.72. The number of nitrogens with zero attached hydrogens (tertiary/aromatic N) is 4. The van der Waals surface area contributed by atoms with Crippen molar-refractivity contribution in [1.29, 1.82) is 5.26 Å². The van der Waals surface area contributed by atoms with Gasteiger partial charge in [-0.2, -0.15) is 5.26 Å². The Kier molecular flexibility index (Phi) is 4.26. The molecule has 0 bridgehead atoms. The number of ether oxygens (including phenoxy) is 1. The Morgan fingerprint density at radius 3 is 2.92 bits per heavy atom. The van der Waals surface area contributed by atoms with Crippen LogP contribution in [0.4, 0.5) is 0 Å². The van der Waals surface area contributed by atoms with E-state index in [0.717, 1.165) is 25.1 Å². The summed E-state index contributed by atoms with van der Waals surface area (Å²) in [5, 5.41) is 12.8. The average molecular weight is 354 g/mol. The Morgan fingerprint density at radius 2 is 2.20 bits per heavy atom. The van der Waals surface area contributed by atoms with Gasteiger partial charge >= 0.3 is 0 Å². The molecule has 7 heteroatoms. The minimum absolute atomic E-state index is 0.465. The lowest BCUT2D eigenvalue weighted by atomic mass is 10.1. The van der Waals surface area contributed by atoms with E-state index in [1.165, 1.54) is 0 Å². The molecule has 1 saturated heterocycles. The van der Waals surface area contributed by atoms with Crippen molar-refractivity contribution in [2.75, 3.05) is 19.7 Å². The van der Waals surface area contributed by atoms with Crippen molar-refractivity contribution in [2.45, 2.75) is 6.42 Å². The first kappa shape index (κ1) is 15.9. The number of hydrogen-bond donors (Lipinski definition) is 1. The molecule has 3 aromatic rings. The van der Waals surface area contributed by atoms with Crippen LogP contribution in [0.1, 0.15) is 12.0 Å². The number of fused-ring (bicyclic) bond motifs is 1. The first-order valence-electron chi connectivity index (χ1n) is 8.13. The fourth-order valence-electron chi connectivity index (χ4n) is 2.97. The Hall–Kier alpha value is -2.62. The summed E-state index contributed by atoms with van der Waals surface area (Å²) in [5.41, 5.74) is 2.63. The number of benzene rings is 1. The van der Waals surface area contributed by atoms with Crippen LogP contribution in [0.2, 0.25) is 5.15 Å². The van der Waals surface area contributed by atoms with Crippen LogP contribution >= 0.6 is 11.6 Å². The Morgan fingerprint density at radius 1 is 1.36 bits per heavy atom. The van der Waals surface area contributed by atoms with Crippen molar-refractivity contribution in [3.05, 3.63) is 47.4 Å². The number of rotatable bonds is 4. The number of imidazole rings is 1. The van der Waals surface area contributed by atoms with Crippen molar-refractivity contribution >= 4 is 17.2 Å². The number of hydrogen-bond acceptors (Lipinski definition) is 5. The van der Waals surface area contributed by atoms with Gasteiger partial charge in [0.15, 0.2) is 0 Å². The molecule has 1 fully saturated rings. The lowest BCUT2D eigenvalue weighted by Gasteiger charge is -2.13. The van der Waals surface area contributed by atoms with Crippen molar-refractivity contribution in [2.24, 2.45) is 5.92 Å². The fraction of sp³-hybridized carbons (Fsp3) is 0.278. The Balaban J connectivity index is 1.73. The van der Waals surface area contributed by atoms with Gasteiger partial charge in [-0.1, -0.05) is 23.7 Å². The minimum atomic E-state index is 0.465. The van der Waals surface area contributed by atoms with E-state index in [1.807, 2.05) is 12.1 Å². The summed E-state index contributed by atoms with van der Waals surface area (Å²) in [7, 11) is 0. The molecule has 4 rings (SSSR count). The van der Waals surface area contributed by atoms with Gasteiger partial charge in [-0.25, -0.2) is 9.97 Å². The highest BCUT2D eigenvalue weighted by atomic mass is 35.5. The van der Waals surface area contributed by atoms with E-state index < -0.39 is 0 Å². The van der Waals surface area contributed by atoms with E-state index in [-0.39, 0.29) is 0 Å². The molecule has 1 aliphatic rings. The van der Waals surface area contributed by atoms with Gasteiger partial charge in [-0.3, -0.25) is 4.40 Å². The van der Waals surface area contributed by atoms with Gasteiger partial charge in [0, 0.05) is 30.4 Å². The molecule has 0 aliphatic carbocycles. The first-order valence-corrected chi connectivity index (χ1v) is 8.50. The molecule has 25 heavy (non-hydrogen) atoms. The molecule has 2 aromatic heterocycles. The van der Waals surface area contributed by atoms with Gasteiger partial charge in [0.2, 0.25) is 5.65 Å². The van der Waals surface area contributed by atoms with Crippen LogP contribution < -0.4 is 10.1 Å². The van der Waals surface area contributed by atoms with Crippen LogP contribution in [0.5, 0.6) is 5.88 Å². The zero-order valence-electron chi connectivity index (χ0n) is 13.4. The van der Waals surface area contributed by atoms with Gasteiger partial charge in [0.1, 0.15) is 10.8 Å². The van der Waals surface area contributed by atoms with E-state index in [4.69, 9.17) is 21.6 Å². The van der Waals surface area contributed by atoms with Crippen molar-refractivity contribution < 1.29 is 4.74 Å².